The van der Waals surface area contributed by atoms with Crippen LogP contribution in [0.4, 0.5) is 8.78 Å². The smallest absolute Gasteiger partial charge is 0.163 e. The van der Waals surface area contributed by atoms with E-state index >= 15 is 0 Å². The Kier molecular flexibility index (Phi) is 5.49. The Morgan fingerprint density at radius 3 is 2.75 bits per heavy atom. The number of rotatable bonds is 5. The summed E-state index contributed by atoms with van der Waals surface area (Å²) < 4.78 is 32.8. The molecule has 1 saturated heterocycles. The van der Waals surface area contributed by atoms with Gasteiger partial charge in [0.25, 0.3) is 0 Å². The highest BCUT2D eigenvalue weighted by Crippen LogP contribution is 2.19. The van der Waals surface area contributed by atoms with E-state index in [4.69, 9.17) is 4.74 Å². The average molecular weight is 283 g/mol. The van der Waals surface area contributed by atoms with Gasteiger partial charge in [0.15, 0.2) is 11.6 Å². The zero-order valence-corrected chi connectivity index (χ0v) is 12.2. The summed E-state index contributed by atoms with van der Waals surface area (Å²) in [6.45, 7) is 6.14. The number of hydrogen-bond acceptors (Lipinski definition) is 2. The normalized spacial score (nSPS) is 19.8. The molecule has 0 radical (unpaired) electrons. The molecule has 0 spiro atoms. The van der Waals surface area contributed by atoms with Gasteiger partial charge in [-0.25, -0.2) is 8.78 Å². The molecule has 0 N–H and O–H groups in total. The molecule has 2 nitrogen and oxygen atoms in total. The van der Waals surface area contributed by atoms with Crippen LogP contribution in [-0.2, 0) is 11.3 Å². The number of benzene rings is 1. The van der Waals surface area contributed by atoms with Crippen molar-refractivity contribution in [2.24, 2.45) is 0 Å². The standard InChI is InChI=1S/C16H23F2NO/c1-12(2)19(11-14-7-3-4-9-20-14)10-13-6-5-8-15(17)16(13)18/h5-6,8,12,14H,3-4,7,9-11H2,1-2H3/t14-/m0/s1. The fourth-order valence-corrected chi connectivity index (χ4v) is 2.56. The van der Waals surface area contributed by atoms with Gasteiger partial charge in [-0.1, -0.05) is 12.1 Å². The predicted octanol–water partition coefficient (Wildman–Crippen LogP) is 3.74. The molecule has 2 rings (SSSR count). The summed E-state index contributed by atoms with van der Waals surface area (Å²) in [4.78, 5) is 2.15. The van der Waals surface area contributed by atoms with Crippen molar-refractivity contribution in [1.29, 1.82) is 0 Å². The lowest BCUT2D eigenvalue weighted by Gasteiger charge is -2.32. The maximum absolute atomic E-state index is 13.8. The van der Waals surface area contributed by atoms with Crippen LogP contribution in [0.1, 0.15) is 38.7 Å². The van der Waals surface area contributed by atoms with E-state index in [9.17, 15) is 8.78 Å². The summed E-state index contributed by atoms with van der Waals surface area (Å²) in [5.74, 6) is -1.51. The zero-order chi connectivity index (χ0) is 14.5. The summed E-state index contributed by atoms with van der Waals surface area (Å²) in [6.07, 6.45) is 3.57. The van der Waals surface area contributed by atoms with Gasteiger partial charge in [-0.05, 0) is 39.2 Å². The Bertz CT molecular complexity index is 430. The summed E-state index contributed by atoms with van der Waals surface area (Å²) in [5, 5.41) is 0. The van der Waals surface area contributed by atoms with Crippen molar-refractivity contribution < 1.29 is 13.5 Å². The monoisotopic (exact) mass is 283 g/mol. The van der Waals surface area contributed by atoms with Gasteiger partial charge >= 0.3 is 0 Å². The summed E-state index contributed by atoms with van der Waals surface area (Å²) >= 11 is 0. The molecule has 1 fully saturated rings. The van der Waals surface area contributed by atoms with Crippen LogP contribution < -0.4 is 0 Å². The third kappa shape index (κ3) is 4.00. The van der Waals surface area contributed by atoms with Gasteiger partial charge in [-0.15, -0.1) is 0 Å². The van der Waals surface area contributed by atoms with E-state index in [1.165, 1.54) is 6.42 Å². The lowest BCUT2D eigenvalue weighted by atomic mass is 10.1. The minimum absolute atomic E-state index is 0.211. The Morgan fingerprint density at radius 2 is 2.10 bits per heavy atom. The molecule has 1 heterocycles. The summed E-state index contributed by atoms with van der Waals surface area (Å²) in [5.41, 5.74) is 0.412. The first-order chi connectivity index (χ1) is 9.58. The highest BCUT2D eigenvalue weighted by molar-refractivity contribution is 5.18. The molecular weight excluding hydrogens is 260 g/mol. The Labute approximate surface area is 119 Å². The predicted molar refractivity (Wildman–Crippen MR) is 75.5 cm³/mol. The Balaban J connectivity index is 2.03. The molecular formula is C16H23F2NO. The van der Waals surface area contributed by atoms with Crippen molar-refractivity contribution >= 4 is 0 Å². The second-order valence-electron chi connectivity index (χ2n) is 5.72. The molecule has 20 heavy (non-hydrogen) atoms. The molecule has 0 aliphatic carbocycles. The molecule has 0 saturated carbocycles. The van der Waals surface area contributed by atoms with E-state index in [0.29, 0.717) is 12.1 Å². The molecule has 1 aromatic carbocycles. The van der Waals surface area contributed by atoms with E-state index in [-0.39, 0.29) is 12.1 Å². The first kappa shape index (κ1) is 15.4. The number of hydrogen-bond donors (Lipinski definition) is 0. The number of ether oxygens (including phenoxy) is 1. The first-order valence-electron chi connectivity index (χ1n) is 7.36. The minimum atomic E-state index is -0.778. The van der Waals surface area contributed by atoms with Crippen LogP contribution in [0.15, 0.2) is 18.2 Å². The quantitative estimate of drug-likeness (QED) is 0.816. The fourth-order valence-electron chi connectivity index (χ4n) is 2.56. The van der Waals surface area contributed by atoms with Gasteiger partial charge in [0, 0.05) is 31.3 Å². The van der Waals surface area contributed by atoms with E-state index in [0.717, 1.165) is 32.1 Å². The molecule has 1 atom stereocenters. The maximum atomic E-state index is 13.8. The highest BCUT2D eigenvalue weighted by Gasteiger charge is 2.21. The molecule has 0 amide bonds. The lowest BCUT2D eigenvalue weighted by Crippen LogP contribution is -2.39. The van der Waals surface area contributed by atoms with Crippen molar-refractivity contribution in [3.63, 3.8) is 0 Å². The highest BCUT2D eigenvalue weighted by atomic mass is 19.2. The van der Waals surface area contributed by atoms with E-state index in [1.54, 1.807) is 12.1 Å². The zero-order valence-electron chi connectivity index (χ0n) is 12.2. The van der Waals surface area contributed by atoms with Gasteiger partial charge in [0.05, 0.1) is 6.10 Å². The van der Waals surface area contributed by atoms with Crippen LogP contribution in [0.3, 0.4) is 0 Å². The minimum Gasteiger partial charge on any atom is -0.377 e. The maximum Gasteiger partial charge on any atom is 0.163 e. The van der Waals surface area contributed by atoms with Gasteiger partial charge in [-0.2, -0.15) is 0 Å². The second kappa shape index (κ2) is 7.14. The molecule has 0 aromatic heterocycles. The Hall–Kier alpha value is -1.00. The van der Waals surface area contributed by atoms with Crippen molar-refractivity contribution in [2.75, 3.05) is 13.2 Å². The molecule has 1 aromatic rings. The largest absolute Gasteiger partial charge is 0.377 e. The van der Waals surface area contributed by atoms with Crippen LogP contribution in [-0.4, -0.2) is 30.2 Å². The topological polar surface area (TPSA) is 12.5 Å². The SMILES string of the molecule is CC(C)N(Cc1cccc(F)c1F)C[C@@H]1CCCCO1. The van der Waals surface area contributed by atoms with Gasteiger partial charge in [-0.3, -0.25) is 4.90 Å². The fraction of sp³-hybridized carbons (Fsp3) is 0.625. The van der Waals surface area contributed by atoms with Crippen LogP contribution >= 0.6 is 0 Å². The van der Waals surface area contributed by atoms with Gasteiger partial charge in [0.1, 0.15) is 0 Å². The van der Waals surface area contributed by atoms with Crippen LogP contribution in [0.2, 0.25) is 0 Å². The first-order valence-corrected chi connectivity index (χ1v) is 7.36. The van der Waals surface area contributed by atoms with E-state index in [1.807, 2.05) is 0 Å². The third-order valence-electron chi connectivity index (χ3n) is 3.85. The van der Waals surface area contributed by atoms with E-state index in [2.05, 4.69) is 18.7 Å². The van der Waals surface area contributed by atoms with Crippen LogP contribution in [0, 0.1) is 11.6 Å². The molecule has 0 unspecified atom stereocenters. The van der Waals surface area contributed by atoms with Crippen LogP contribution in [0.5, 0.6) is 0 Å². The van der Waals surface area contributed by atoms with Crippen molar-refractivity contribution in [3.8, 4) is 0 Å². The Morgan fingerprint density at radius 1 is 1.30 bits per heavy atom. The number of halogens is 2. The molecule has 0 bridgehead atoms. The van der Waals surface area contributed by atoms with Gasteiger partial charge in [0.2, 0.25) is 0 Å². The van der Waals surface area contributed by atoms with Crippen molar-refractivity contribution in [3.05, 3.63) is 35.4 Å². The van der Waals surface area contributed by atoms with Gasteiger partial charge < -0.3 is 4.74 Å². The van der Waals surface area contributed by atoms with E-state index < -0.39 is 11.6 Å². The summed E-state index contributed by atoms with van der Waals surface area (Å²) in [6, 6.07) is 4.63. The molecule has 1 aliphatic rings. The molecule has 4 heteroatoms. The van der Waals surface area contributed by atoms with Crippen LogP contribution in [0.25, 0.3) is 0 Å². The molecule has 112 valence electrons. The second-order valence-corrected chi connectivity index (χ2v) is 5.72. The number of nitrogens with zero attached hydrogens (tertiary/aromatic N) is 1. The van der Waals surface area contributed by atoms with Crippen molar-refractivity contribution in [1.82, 2.24) is 4.90 Å². The third-order valence-corrected chi connectivity index (χ3v) is 3.85. The molecule has 1 aliphatic heterocycles. The average Bonchev–Trinajstić information content (AvgIpc) is 2.44. The van der Waals surface area contributed by atoms with Crippen molar-refractivity contribution in [2.45, 2.75) is 51.8 Å². The lowest BCUT2D eigenvalue weighted by molar-refractivity contribution is -0.0131. The summed E-state index contributed by atoms with van der Waals surface area (Å²) in [7, 11) is 0.